The number of anilines is 2. The number of piperazine rings is 1. The first-order chi connectivity index (χ1) is 21.1. The van der Waals surface area contributed by atoms with Crippen molar-refractivity contribution >= 4 is 62.2 Å². The number of nitrogens with one attached hydrogen (secondary N) is 4. The predicted octanol–water partition coefficient (Wildman–Crippen LogP) is 2.34. The average molecular weight is 652 g/mol. The summed E-state index contributed by atoms with van der Waals surface area (Å²) in [7, 11) is 4.76. The molecule has 3 aliphatic rings. The van der Waals surface area contributed by atoms with Crippen LogP contribution in [0.15, 0.2) is 11.4 Å². The molecule has 14 nitrogen and oxygen atoms in total. The van der Waals surface area contributed by atoms with Crippen molar-refractivity contribution in [1.82, 2.24) is 16.1 Å². The number of aromatic hydroxyl groups is 2. The Morgan fingerprint density at radius 2 is 1.89 bits per heavy atom. The molecule has 1 aromatic rings. The van der Waals surface area contributed by atoms with Crippen LogP contribution in [0.3, 0.4) is 0 Å². The molecular formula is C28H41N7O7S2. The number of nitrogens with two attached hydrogens (primary N) is 1. The summed E-state index contributed by atoms with van der Waals surface area (Å²) in [6.07, 6.45) is 2.13. The van der Waals surface area contributed by atoms with Gasteiger partial charge in [0.25, 0.3) is 0 Å². The number of benzene rings is 1. The zero-order valence-corrected chi connectivity index (χ0v) is 27.0. The molecule has 2 unspecified atom stereocenters. The van der Waals surface area contributed by atoms with E-state index in [-0.39, 0.29) is 35.4 Å². The highest BCUT2D eigenvalue weighted by atomic mass is 33.1. The molecule has 3 heterocycles. The largest absolute Gasteiger partial charge is 0.505 e. The van der Waals surface area contributed by atoms with Gasteiger partial charge in [-0.05, 0) is 26.7 Å². The van der Waals surface area contributed by atoms with Crippen molar-refractivity contribution in [3.63, 3.8) is 0 Å². The van der Waals surface area contributed by atoms with Crippen LogP contribution in [0.25, 0.3) is 5.57 Å². The molecule has 44 heavy (non-hydrogen) atoms. The van der Waals surface area contributed by atoms with Crippen molar-refractivity contribution in [2.75, 3.05) is 48.5 Å². The van der Waals surface area contributed by atoms with E-state index in [0.29, 0.717) is 84.2 Å². The SMILES string of the molecule is CCCC(=O)NN=C(C)CCC(=O)NCCSSCCNc1c(C)c(O)c2c(c1O)C(=COC(N)=O)[C@@]1(OC)C3NC3CN21. The van der Waals surface area contributed by atoms with Crippen LogP contribution in [0, 0.1) is 6.92 Å². The van der Waals surface area contributed by atoms with Crippen LogP contribution in [-0.4, -0.2) is 89.9 Å². The molecule has 0 radical (unpaired) electrons. The maximum Gasteiger partial charge on any atom is 0.409 e. The van der Waals surface area contributed by atoms with Crippen molar-refractivity contribution in [3.05, 3.63) is 17.4 Å². The molecule has 0 spiro atoms. The molecule has 0 aliphatic carbocycles. The van der Waals surface area contributed by atoms with E-state index >= 15 is 0 Å². The van der Waals surface area contributed by atoms with Gasteiger partial charge in [-0.3, -0.25) is 9.59 Å². The van der Waals surface area contributed by atoms with E-state index in [2.05, 4.69) is 26.5 Å². The summed E-state index contributed by atoms with van der Waals surface area (Å²) in [5.74, 6) is 1.11. The second kappa shape index (κ2) is 14.6. The van der Waals surface area contributed by atoms with E-state index in [1.807, 2.05) is 11.8 Å². The molecule has 2 saturated heterocycles. The van der Waals surface area contributed by atoms with Gasteiger partial charge < -0.3 is 46.3 Å². The Labute approximate surface area is 264 Å². The van der Waals surface area contributed by atoms with E-state index in [9.17, 15) is 24.6 Å². The van der Waals surface area contributed by atoms with Gasteiger partial charge in [-0.15, -0.1) is 0 Å². The first kappa shape index (κ1) is 33.6. The number of rotatable bonds is 16. The summed E-state index contributed by atoms with van der Waals surface area (Å²) >= 11 is 0. The monoisotopic (exact) mass is 651 g/mol. The molecule has 3 aliphatic heterocycles. The third-order valence-corrected chi connectivity index (χ3v) is 10.1. The van der Waals surface area contributed by atoms with Crippen LogP contribution in [0.2, 0.25) is 0 Å². The number of hydrogen-bond donors (Lipinski definition) is 7. The minimum absolute atomic E-state index is 0.00554. The summed E-state index contributed by atoms with van der Waals surface area (Å²) in [6.45, 7) is 6.97. The van der Waals surface area contributed by atoms with Crippen molar-refractivity contribution < 1.29 is 34.1 Å². The average Bonchev–Trinajstić information content (AvgIpc) is 3.60. The number of carbonyl (C=O) groups is 3. The van der Waals surface area contributed by atoms with Crippen molar-refractivity contribution in [2.24, 2.45) is 10.8 Å². The molecule has 0 bridgehead atoms. The highest BCUT2D eigenvalue weighted by Crippen LogP contribution is 2.63. The van der Waals surface area contributed by atoms with Gasteiger partial charge in [0.05, 0.1) is 28.6 Å². The summed E-state index contributed by atoms with van der Waals surface area (Å²) in [4.78, 5) is 36.9. The Morgan fingerprint density at radius 3 is 2.57 bits per heavy atom. The first-order valence-electron chi connectivity index (χ1n) is 14.5. The zero-order valence-electron chi connectivity index (χ0n) is 25.3. The molecule has 16 heteroatoms. The minimum Gasteiger partial charge on any atom is -0.505 e. The molecule has 2 fully saturated rings. The van der Waals surface area contributed by atoms with Gasteiger partial charge in [-0.1, -0.05) is 28.5 Å². The third kappa shape index (κ3) is 6.98. The number of methoxy groups -OCH3 is 1. The van der Waals surface area contributed by atoms with Gasteiger partial charge in [0.1, 0.15) is 17.8 Å². The first-order valence-corrected chi connectivity index (χ1v) is 17.0. The van der Waals surface area contributed by atoms with Gasteiger partial charge in [-0.25, -0.2) is 10.2 Å². The fourth-order valence-corrected chi connectivity index (χ4v) is 7.40. The minimum atomic E-state index is -1.07. The van der Waals surface area contributed by atoms with E-state index in [1.165, 1.54) is 13.4 Å². The number of amides is 3. The Kier molecular flexibility index (Phi) is 11.2. The Balaban J connectivity index is 1.25. The van der Waals surface area contributed by atoms with Crippen LogP contribution >= 0.6 is 21.6 Å². The Hall–Kier alpha value is -3.34. The highest BCUT2D eigenvalue weighted by molar-refractivity contribution is 8.76. The third-order valence-electron chi connectivity index (χ3n) is 7.72. The number of hydrazone groups is 1. The van der Waals surface area contributed by atoms with Crippen LogP contribution in [0.5, 0.6) is 11.5 Å². The fraction of sp³-hybridized carbons (Fsp3) is 0.571. The van der Waals surface area contributed by atoms with Crippen LogP contribution in [-0.2, 0) is 19.1 Å². The molecule has 4 rings (SSSR count). The maximum absolute atomic E-state index is 12.1. The molecule has 3 amide bonds. The number of primary amides is 1. The number of phenolic OH excluding ortho intramolecular Hbond substituents is 2. The van der Waals surface area contributed by atoms with E-state index in [4.69, 9.17) is 15.2 Å². The highest BCUT2D eigenvalue weighted by Gasteiger charge is 2.69. The second-order valence-corrected chi connectivity index (χ2v) is 13.4. The molecule has 1 aromatic carbocycles. The van der Waals surface area contributed by atoms with Gasteiger partial charge in [0.2, 0.25) is 11.8 Å². The van der Waals surface area contributed by atoms with Crippen LogP contribution in [0.1, 0.15) is 50.7 Å². The maximum atomic E-state index is 12.1. The van der Waals surface area contributed by atoms with Gasteiger partial charge in [0, 0.05) is 68.4 Å². The molecule has 242 valence electrons. The lowest BCUT2D eigenvalue weighted by Crippen LogP contribution is -2.50. The fourth-order valence-electron chi connectivity index (χ4n) is 5.59. The number of fused-ring (bicyclic) bond motifs is 5. The zero-order chi connectivity index (χ0) is 32.0. The lowest BCUT2D eigenvalue weighted by atomic mass is 9.94. The van der Waals surface area contributed by atoms with Gasteiger partial charge >= 0.3 is 6.09 Å². The summed E-state index contributed by atoms with van der Waals surface area (Å²) in [6, 6.07) is 0.0239. The number of hydrogen-bond acceptors (Lipinski definition) is 13. The van der Waals surface area contributed by atoms with Crippen molar-refractivity contribution in [3.8, 4) is 11.5 Å². The van der Waals surface area contributed by atoms with Crippen LogP contribution < -0.4 is 32.0 Å². The Morgan fingerprint density at radius 1 is 1.16 bits per heavy atom. The molecular weight excluding hydrogens is 610 g/mol. The summed E-state index contributed by atoms with van der Waals surface area (Å²) in [5.41, 5.74) is 9.35. The normalized spacial score (nSPS) is 22.3. The lowest BCUT2D eigenvalue weighted by Gasteiger charge is -2.35. The lowest BCUT2D eigenvalue weighted by molar-refractivity contribution is -0.121. The topological polar surface area (TPSA) is 210 Å². The van der Waals surface area contributed by atoms with Gasteiger partial charge in [0.15, 0.2) is 5.72 Å². The number of nitrogens with zero attached hydrogens (tertiary/aromatic N) is 2. The summed E-state index contributed by atoms with van der Waals surface area (Å²) < 4.78 is 11.0. The number of ether oxygens (including phenoxy) is 2. The molecule has 8 N–H and O–H groups in total. The number of carbonyl (C=O) groups excluding carboxylic acids is 3. The van der Waals surface area contributed by atoms with Gasteiger partial charge in [-0.2, -0.15) is 5.10 Å². The molecule has 3 atom stereocenters. The standard InChI is InChI=1S/C28H41N7O7S2/c1-5-6-20(37)34-33-15(2)7-8-19(36)30-9-11-43-44-12-10-31-22-16(3)24(38)23-21(25(22)39)17(14-42-27(29)40)28(41-4)26-18(32-26)13-35(23)28/h14,18,26,31-32,38-39H,5-13H2,1-4H3,(H2,29,40)(H,30,36)(H,34,37)/t18?,26?,28-/m1/s1. The quantitative estimate of drug-likeness (QED) is 0.0201. The van der Waals surface area contributed by atoms with E-state index in [0.717, 1.165) is 6.42 Å². The molecule has 0 saturated carbocycles. The van der Waals surface area contributed by atoms with E-state index < -0.39 is 11.8 Å². The molecule has 0 aromatic heterocycles. The number of phenols is 2. The van der Waals surface area contributed by atoms with Crippen molar-refractivity contribution in [1.29, 1.82) is 0 Å². The van der Waals surface area contributed by atoms with E-state index in [1.54, 1.807) is 35.4 Å². The smallest absolute Gasteiger partial charge is 0.409 e. The summed E-state index contributed by atoms with van der Waals surface area (Å²) in [5, 5.41) is 36.2. The van der Waals surface area contributed by atoms with Crippen LogP contribution in [0.4, 0.5) is 16.2 Å². The van der Waals surface area contributed by atoms with Crippen molar-refractivity contribution in [2.45, 2.75) is 64.3 Å². The Bertz CT molecular complexity index is 1340. The second-order valence-electron chi connectivity index (χ2n) is 10.7. The predicted molar refractivity (Wildman–Crippen MR) is 173 cm³/mol.